The second-order valence-electron chi connectivity index (χ2n) is 6.88. The van der Waals surface area contributed by atoms with Crippen molar-refractivity contribution < 1.29 is 21.7 Å². The Bertz CT molecular complexity index is 426. The van der Waals surface area contributed by atoms with Gasteiger partial charge >= 0.3 is 10.4 Å². The van der Waals surface area contributed by atoms with Gasteiger partial charge in [-0.05, 0) is 6.42 Å². The Labute approximate surface area is 160 Å². The van der Waals surface area contributed by atoms with E-state index in [1.807, 2.05) is 5.48 Å². The molecule has 0 atom stereocenters. The van der Waals surface area contributed by atoms with Crippen LogP contribution in [0, 0.1) is 0 Å². The lowest BCUT2D eigenvalue weighted by atomic mass is 10.0. The molecule has 0 aliphatic heterocycles. The number of carbonyl (C=O) groups excluding carboxylic acids is 1. The van der Waals surface area contributed by atoms with Crippen LogP contribution in [0.5, 0.6) is 0 Å². The van der Waals surface area contributed by atoms with Crippen molar-refractivity contribution in [2.75, 3.05) is 7.11 Å². The minimum Gasteiger partial charge on any atom is -0.273 e. The predicted molar refractivity (Wildman–Crippen MR) is 105 cm³/mol. The number of hydrogen-bond acceptors (Lipinski definition) is 5. The summed E-state index contributed by atoms with van der Waals surface area (Å²) in [5.41, 5.74) is 1.87. The molecule has 0 saturated carbocycles. The molecule has 0 aliphatic rings. The molecule has 1 amide bonds. The highest BCUT2D eigenvalue weighted by molar-refractivity contribution is 7.81. The zero-order valence-corrected chi connectivity index (χ0v) is 17.6. The SMILES string of the molecule is CCCCCCCCCCCCCCCCCC(=O)NOS(=O)(=O)OC. The van der Waals surface area contributed by atoms with E-state index in [9.17, 15) is 13.2 Å². The topological polar surface area (TPSA) is 81.7 Å². The molecule has 0 aromatic heterocycles. The molecule has 0 saturated heterocycles. The third-order valence-corrected chi connectivity index (χ3v) is 5.16. The van der Waals surface area contributed by atoms with Gasteiger partial charge in [0.25, 0.3) is 0 Å². The van der Waals surface area contributed by atoms with Crippen molar-refractivity contribution in [1.82, 2.24) is 5.48 Å². The van der Waals surface area contributed by atoms with Gasteiger partial charge in [0.1, 0.15) is 0 Å². The van der Waals surface area contributed by atoms with Crippen molar-refractivity contribution >= 4 is 16.3 Å². The Morgan fingerprint density at radius 3 is 1.50 bits per heavy atom. The van der Waals surface area contributed by atoms with Crippen molar-refractivity contribution in [3.63, 3.8) is 0 Å². The maximum absolute atomic E-state index is 11.4. The van der Waals surface area contributed by atoms with Gasteiger partial charge < -0.3 is 0 Å². The first-order valence-electron chi connectivity index (χ1n) is 10.3. The largest absolute Gasteiger partial charge is 0.420 e. The fourth-order valence-corrected chi connectivity index (χ4v) is 3.10. The molecule has 26 heavy (non-hydrogen) atoms. The normalized spacial score (nSPS) is 11.6. The molecule has 156 valence electrons. The Morgan fingerprint density at radius 2 is 1.12 bits per heavy atom. The third kappa shape index (κ3) is 18.1. The van der Waals surface area contributed by atoms with E-state index < -0.39 is 16.3 Å². The average molecular weight is 394 g/mol. The second kappa shape index (κ2) is 17.7. The van der Waals surface area contributed by atoms with Crippen LogP contribution in [0.25, 0.3) is 0 Å². The van der Waals surface area contributed by atoms with E-state index in [1.165, 1.54) is 77.0 Å². The minimum atomic E-state index is -4.11. The molecule has 7 heteroatoms. The summed E-state index contributed by atoms with van der Waals surface area (Å²) in [6.45, 7) is 2.25. The van der Waals surface area contributed by atoms with Gasteiger partial charge in [-0.1, -0.05) is 96.8 Å². The number of hydrogen-bond donors (Lipinski definition) is 1. The first-order chi connectivity index (χ1) is 12.5. The van der Waals surface area contributed by atoms with Gasteiger partial charge in [-0.15, -0.1) is 4.28 Å². The average Bonchev–Trinajstić information content (AvgIpc) is 2.63. The molecule has 0 bridgehead atoms. The van der Waals surface area contributed by atoms with E-state index in [-0.39, 0.29) is 6.42 Å². The van der Waals surface area contributed by atoms with Crippen LogP contribution in [0.3, 0.4) is 0 Å². The summed E-state index contributed by atoms with van der Waals surface area (Å²) in [4.78, 5) is 11.4. The Kier molecular flexibility index (Phi) is 17.3. The summed E-state index contributed by atoms with van der Waals surface area (Å²) >= 11 is 0. The Balaban J connectivity index is 3.23. The van der Waals surface area contributed by atoms with Crippen LogP contribution in [-0.4, -0.2) is 21.4 Å². The second-order valence-corrected chi connectivity index (χ2v) is 8.20. The van der Waals surface area contributed by atoms with Crippen LogP contribution >= 0.6 is 0 Å². The molecular formula is C19H39NO5S. The molecule has 0 aromatic rings. The van der Waals surface area contributed by atoms with Crippen molar-refractivity contribution in [2.24, 2.45) is 0 Å². The summed E-state index contributed by atoms with van der Waals surface area (Å²) in [5, 5.41) is 0. The van der Waals surface area contributed by atoms with Crippen LogP contribution in [-0.2, 0) is 23.7 Å². The number of hydroxylamine groups is 1. The number of rotatable bonds is 19. The first kappa shape index (κ1) is 25.3. The lowest BCUT2D eigenvalue weighted by Crippen LogP contribution is -2.27. The van der Waals surface area contributed by atoms with E-state index in [1.54, 1.807) is 0 Å². The van der Waals surface area contributed by atoms with Gasteiger partial charge in [0, 0.05) is 6.42 Å². The van der Waals surface area contributed by atoms with Crippen molar-refractivity contribution in [3.05, 3.63) is 0 Å². The first-order valence-corrected chi connectivity index (χ1v) is 11.6. The predicted octanol–water partition coefficient (Wildman–Crippen LogP) is 5.19. The fraction of sp³-hybridized carbons (Fsp3) is 0.947. The monoisotopic (exact) mass is 393 g/mol. The number of unbranched alkanes of at least 4 members (excludes halogenated alkanes) is 14. The zero-order chi connectivity index (χ0) is 19.5. The van der Waals surface area contributed by atoms with E-state index in [0.717, 1.165) is 26.4 Å². The van der Waals surface area contributed by atoms with E-state index in [2.05, 4.69) is 15.4 Å². The van der Waals surface area contributed by atoms with Crippen LogP contribution in [0.15, 0.2) is 0 Å². The highest BCUT2D eigenvalue weighted by atomic mass is 32.3. The van der Waals surface area contributed by atoms with Crippen LogP contribution in [0.2, 0.25) is 0 Å². The molecule has 0 fully saturated rings. The molecule has 0 unspecified atom stereocenters. The van der Waals surface area contributed by atoms with Crippen molar-refractivity contribution in [3.8, 4) is 0 Å². The molecule has 0 aliphatic carbocycles. The van der Waals surface area contributed by atoms with Gasteiger partial charge in [0.05, 0.1) is 7.11 Å². The molecule has 0 radical (unpaired) electrons. The summed E-state index contributed by atoms with van der Waals surface area (Å²) in [6, 6.07) is 0. The third-order valence-electron chi connectivity index (χ3n) is 4.47. The molecule has 1 N–H and O–H groups in total. The molecule has 0 rings (SSSR count). The highest BCUT2D eigenvalue weighted by Crippen LogP contribution is 2.13. The fourth-order valence-electron chi connectivity index (χ4n) is 2.84. The summed E-state index contributed by atoms with van der Waals surface area (Å²) in [7, 11) is -3.14. The number of carbonyl (C=O) groups is 1. The van der Waals surface area contributed by atoms with Crippen LogP contribution in [0.1, 0.15) is 110 Å². The quantitative estimate of drug-likeness (QED) is 0.241. The lowest BCUT2D eigenvalue weighted by molar-refractivity contribution is -0.128. The molecule has 6 nitrogen and oxygen atoms in total. The standard InChI is InChI=1S/C19H39NO5S/c1-3-4-5-6-7-8-9-10-11-12-13-14-15-16-17-18-19(21)20-25-26(22,23)24-2/h3-18H2,1-2H3,(H,20,21). The maximum Gasteiger partial charge on any atom is 0.420 e. The summed E-state index contributed by atoms with van der Waals surface area (Å²) in [6.07, 6.45) is 19.2. The Morgan fingerprint density at radius 1 is 0.731 bits per heavy atom. The Hall–Kier alpha value is -0.660. The molecular weight excluding hydrogens is 354 g/mol. The van der Waals surface area contributed by atoms with Gasteiger partial charge in [-0.2, -0.15) is 8.42 Å². The minimum absolute atomic E-state index is 0.261. The molecule has 0 aromatic carbocycles. The van der Waals surface area contributed by atoms with Gasteiger partial charge in [0.15, 0.2) is 0 Å². The van der Waals surface area contributed by atoms with E-state index in [0.29, 0.717) is 0 Å². The number of nitrogens with one attached hydrogen (secondary N) is 1. The van der Waals surface area contributed by atoms with Crippen molar-refractivity contribution in [1.29, 1.82) is 0 Å². The zero-order valence-electron chi connectivity index (χ0n) is 16.8. The van der Waals surface area contributed by atoms with Crippen LogP contribution < -0.4 is 5.48 Å². The smallest absolute Gasteiger partial charge is 0.273 e. The highest BCUT2D eigenvalue weighted by Gasteiger charge is 2.11. The van der Waals surface area contributed by atoms with Crippen LogP contribution in [0.4, 0.5) is 0 Å². The van der Waals surface area contributed by atoms with Gasteiger partial charge in [0.2, 0.25) is 5.91 Å². The van der Waals surface area contributed by atoms with E-state index >= 15 is 0 Å². The van der Waals surface area contributed by atoms with Gasteiger partial charge in [-0.3, -0.25) is 8.98 Å². The summed E-state index contributed by atoms with van der Waals surface area (Å²) < 4.78 is 29.9. The summed E-state index contributed by atoms with van der Waals surface area (Å²) in [5.74, 6) is -0.444. The lowest BCUT2D eigenvalue weighted by Gasteiger charge is -2.05. The van der Waals surface area contributed by atoms with E-state index in [4.69, 9.17) is 0 Å². The van der Waals surface area contributed by atoms with Gasteiger partial charge in [-0.25, -0.2) is 5.48 Å². The number of amides is 1. The van der Waals surface area contributed by atoms with Crippen molar-refractivity contribution in [2.45, 2.75) is 110 Å². The maximum atomic E-state index is 11.4. The molecule has 0 heterocycles. The molecule has 0 spiro atoms.